The second kappa shape index (κ2) is 5.48. The first-order valence-electron chi connectivity index (χ1n) is 6.92. The van der Waals surface area contributed by atoms with E-state index in [0.717, 1.165) is 33.7 Å². The maximum Gasteiger partial charge on any atom is 0.335 e. The van der Waals surface area contributed by atoms with Gasteiger partial charge in [0.1, 0.15) is 0 Å². The highest BCUT2D eigenvalue weighted by Crippen LogP contribution is 2.29. The summed E-state index contributed by atoms with van der Waals surface area (Å²) in [7, 11) is 0. The number of rotatable bonds is 3. The maximum atomic E-state index is 10.9. The van der Waals surface area contributed by atoms with Crippen molar-refractivity contribution >= 4 is 5.97 Å². The van der Waals surface area contributed by atoms with Crippen LogP contribution >= 0.6 is 0 Å². The number of hydrogen-bond acceptors (Lipinski definition) is 3. The summed E-state index contributed by atoms with van der Waals surface area (Å²) in [6, 6.07) is 14.8. The zero-order valence-electron chi connectivity index (χ0n) is 12.3. The first-order chi connectivity index (χ1) is 10.5. The molecule has 3 aromatic rings. The molecule has 0 saturated heterocycles. The molecule has 1 heterocycles. The highest BCUT2D eigenvalue weighted by Gasteiger charge is 2.09. The topological polar surface area (TPSA) is 63.3 Å². The molecule has 0 amide bonds. The molecule has 0 bridgehead atoms. The van der Waals surface area contributed by atoms with Crippen molar-refractivity contribution in [2.75, 3.05) is 0 Å². The molecule has 0 aliphatic heterocycles. The zero-order chi connectivity index (χ0) is 15.7. The molecule has 2 aromatic carbocycles. The fourth-order valence-corrected chi connectivity index (χ4v) is 2.43. The molecule has 0 unspecified atom stereocenters. The number of aryl methyl sites for hydroxylation is 2. The van der Waals surface area contributed by atoms with Crippen LogP contribution in [0.25, 0.3) is 22.5 Å². The van der Waals surface area contributed by atoms with Gasteiger partial charge in [0.05, 0.1) is 11.3 Å². The maximum absolute atomic E-state index is 10.9. The van der Waals surface area contributed by atoms with Gasteiger partial charge in [0.2, 0.25) is 0 Å². The Kier molecular flexibility index (Phi) is 3.51. The van der Waals surface area contributed by atoms with Crippen LogP contribution in [0.1, 0.15) is 21.6 Å². The lowest BCUT2D eigenvalue weighted by atomic mass is 9.97. The van der Waals surface area contributed by atoms with Gasteiger partial charge in [-0.15, -0.1) is 0 Å². The van der Waals surface area contributed by atoms with E-state index in [-0.39, 0.29) is 5.56 Å². The average Bonchev–Trinajstić information content (AvgIpc) is 2.94. The van der Waals surface area contributed by atoms with Crippen LogP contribution in [-0.2, 0) is 0 Å². The summed E-state index contributed by atoms with van der Waals surface area (Å²) in [6.45, 7) is 3.91. The molecule has 4 nitrogen and oxygen atoms in total. The van der Waals surface area contributed by atoms with E-state index < -0.39 is 5.97 Å². The van der Waals surface area contributed by atoms with Crippen molar-refractivity contribution in [2.45, 2.75) is 13.8 Å². The summed E-state index contributed by atoms with van der Waals surface area (Å²) < 4.78 is 5.28. The Bertz CT molecular complexity index is 832. The number of carboxylic acids is 1. The van der Waals surface area contributed by atoms with Gasteiger partial charge in [-0.25, -0.2) is 4.79 Å². The summed E-state index contributed by atoms with van der Waals surface area (Å²) in [4.78, 5) is 10.9. The zero-order valence-corrected chi connectivity index (χ0v) is 12.3. The summed E-state index contributed by atoms with van der Waals surface area (Å²) in [5.41, 5.74) is 5.26. The van der Waals surface area contributed by atoms with E-state index in [1.54, 1.807) is 12.1 Å². The van der Waals surface area contributed by atoms with Crippen molar-refractivity contribution in [2.24, 2.45) is 0 Å². The fourth-order valence-electron chi connectivity index (χ4n) is 2.43. The summed E-state index contributed by atoms with van der Waals surface area (Å²) in [6.07, 6.45) is 0. The van der Waals surface area contributed by atoms with Crippen LogP contribution in [0, 0.1) is 13.8 Å². The summed E-state index contributed by atoms with van der Waals surface area (Å²) >= 11 is 0. The molecule has 3 rings (SSSR count). The van der Waals surface area contributed by atoms with Crippen molar-refractivity contribution < 1.29 is 14.4 Å². The highest BCUT2D eigenvalue weighted by molar-refractivity contribution is 5.88. The molecule has 22 heavy (non-hydrogen) atoms. The highest BCUT2D eigenvalue weighted by atomic mass is 16.5. The Morgan fingerprint density at radius 2 is 1.68 bits per heavy atom. The number of aromatic nitrogens is 1. The van der Waals surface area contributed by atoms with E-state index in [0.29, 0.717) is 0 Å². The van der Waals surface area contributed by atoms with Crippen LogP contribution in [0.15, 0.2) is 53.1 Å². The van der Waals surface area contributed by atoms with Crippen molar-refractivity contribution in [3.63, 3.8) is 0 Å². The van der Waals surface area contributed by atoms with Crippen molar-refractivity contribution in [1.29, 1.82) is 0 Å². The van der Waals surface area contributed by atoms with Gasteiger partial charge in [0, 0.05) is 11.6 Å². The van der Waals surface area contributed by atoms with E-state index in [1.807, 2.05) is 50.2 Å². The largest absolute Gasteiger partial charge is 0.478 e. The van der Waals surface area contributed by atoms with E-state index in [1.165, 1.54) is 0 Å². The molecule has 0 spiro atoms. The van der Waals surface area contributed by atoms with Crippen molar-refractivity contribution in [3.05, 3.63) is 65.4 Å². The smallest absolute Gasteiger partial charge is 0.335 e. The van der Waals surface area contributed by atoms with E-state index in [2.05, 4.69) is 5.16 Å². The van der Waals surface area contributed by atoms with Crippen LogP contribution < -0.4 is 0 Å². The predicted molar refractivity (Wildman–Crippen MR) is 83.8 cm³/mol. The quantitative estimate of drug-likeness (QED) is 0.781. The SMILES string of the molecule is Cc1cc(-c2ccc(-c3ccc(C(=O)O)cc3)c(C)c2)on1. The summed E-state index contributed by atoms with van der Waals surface area (Å²) in [5.74, 6) is -0.173. The van der Waals surface area contributed by atoms with Crippen LogP contribution in [-0.4, -0.2) is 16.2 Å². The monoisotopic (exact) mass is 293 g/mol. The van der Waals surface area contributed by atoms with Gasteiger partial charge in [0.15, 0.2) is 5.76 Å². The molecular formula is C18H15NO3. The number of carboxylic acid groups (broad SMARTS) is 1. The van der Waals surface area contributed by atoms with E-state index in [4.69, 9.17) is 9.63 Å². The second-order valence-electron chi connectivity index (χ2n) is 5.24. The van der Waals surface area contributed by atoms with Crippen LogP contribution in [0.2, 0.25) is 0 Å². The Hall–Kier alpha value is -2.88. The van der Waals surface area contributed by atoms with E-state index >= 15 is 0 Å². The molecule has 0 radical (unpaired) electrons. The van der Waals surface area contributed by atoms with Gasteiger partial charge in [-0.3, -0.25) is 0 Å². The number of carbonyl (C=O) groups is 1. The number of nitrogens with zero attached hydrogens (tertiary/aromatic N) is 1. The average molecular weight is 293 g/mol. The van der Waals surface area contributed by atoms with Crippen LogP contribution in [0.4, 0.5) is 0 Å². The third-order valence-corrected chi connectivity index (χ3v) is 3.58. The molecule has 0 saturated carbocycles. The molecule has 0 atom stereocenters. The Labute approximate surface area is 128 Å². The third-order valence-electron chi connectivity index (χ3n) is 3.58. The number of hydrogen-bond donors (Lipinski definition) is 1. The molecule has 0 aliphatic rings. The molecular weight excluding hydrogens is 278 g/mol. The fraction of sp³-hybridized carbons (Fsp3) is 0.111. The number of aromatic carboxylic acids is 1. The van der Waals surface area contributed by atoms with Crippen molar-refractivity contribution in [3.8, 4) is 22.5 Å². The molecule has 0 fully saturated rings. The lowest BCUT2D eigenvalue weighted by Crippen LogP contribution is -1.95. The Morgan fingerprint density at radius 1 is 1.00 bits per heavy atom. The molecule has 4 heteroatoms. The van der Waals surface area contributed by atoms with Crippen LogP contribution in [0.5, 0.6) is 0 Å². The van der Waals surface area contributed by atoms with Crippen LogP contribution in [0.3, 0.4) is 0 Å². The predicted octanol–water partition coefficient (Wildman–Crippen LogP) is 4.32. The van der Waals surface area contributed by atoms with Gasteiger partial charge in [-0.1, -0.05) is 29.4 Å². The summed E-state index contributed by atoms with van der Waals surface area (Å²) in [5, 5.41) is 12.8. The lowest BCUT2D eigenvalue weighted by Gasteiger charge is -2.08. The van der Waals surface area contributed by atoms with Crippen molar-refractivity contribution in [1.82, 2.24) is 5.16 Å². The van der Waals surface area contributed by atoms with E-state index in [9.17, 15) is 4.79 Å². The van der Waals surface area contributed by atoms with Gasteiger partial charge in [-0.05, 0) is 48.7 Å². The Morgan fingerprint density at radius 3 is 2.23 bits per heavy atom. The van der Waals surface area contributed by atoms with Gasteiger partial charge in [-0.2, -0.15) is 0 Å². The minimum atomic E-state index is -0.917. The first kappa shape index (κ1) is 14.1. The molecule has 1 N–H and O–H groups in total. The minimum absolute atomic E-state index is 0.287. The second-order valence-corrected chi connectivity index (χ2v) is 5.24. The third kappa shape index (κ3) is 2.63. The number of benzene rings is 2. The normalized spacial score (nSPS) is 10.6. The van der Waals surface area contributed by atoms with Gasteiger partial charge >= 0.3 is 5.97 Å². The molecule has 110 valence electrons. The minimum Gasteiger partial charge on any atom is -0.478 e. The van der Waals surface area contributed by atoms with Gasteiger partial charge in [0.25, 0.3) is 0 Å². The molecule has 0 aliphatic carbocycles. The van der Waals surface area contributed by atoms with Gasteiger partial charge < -0.3 is 9.63 Å². The lowest BCUT2D eigenvalue weighted by molar-refractivity contribution is 0.0697. The standard InChI is InChI=1S/C18H15NO3/c1-11-9-15(17-10-12(2)19-22-17)7-8-16(11)13-3-5-14(6-4-13)18(20)21/h3-10H,1-2H3,(H,20,21). The Balaban J connectivity index is 1.96. The first-order valence-corrected chi connectivity index (χ1v) is 6.92. The molecule has 1 aromatic heterocycles.